The van der Waals surface area contributed by atoms with E-state index in [-0.39, 0.29) is 0 Å². The van der Waals surface area contributed by atoms with E-state index in [1.807, 2.05) is 25.1 Å². The maximum absolute atomic E-state index is 10.9. The molecular weight excluding hydrogens is 214 g/mol. The highest BCUT2D eigenvalue weighted by Crippen LogP contribution is 2.25. The lowest BCUT2D eigenvalue weighted by Gasteiger charge is -2.06. The van der Waals surface area contributed by atoms with Crippen molar-refractivity contribution < 1.29 is 9.53 Å². The predicted octanol–water partition coefficient (Wildman–Crippen LogP) is 2.88. The van der Waals surface area contributed by atoms with Crippen LogP contribution in [0.5, 0.6) is 5.75 Å². The van der Waals surface area contributed by atoms with Crippen LogP contribution in [0.1, 0.15) is 16.1 Å². The molecule has 0 N–H and O–H groups in total. The van der Waals surface area contributed by atoms with E-state index in [1.165, 1.54) is 0 Å². The van der Waals surface area contributed by atoms with Gasteiger partial charge in [-0.1, -0.05) is 12.1 Å². The van der Waals surface area contributed by atoms with E-state index in [2.05, 4.69) is 4.98 Å². The fraction of sp³-hybridized carbons (Fsp3) is 0.143. The molecule has 86 valence electrons. The van der Waals surface area contributed by atoms with Crippen molar-refractivity contribution in [2.24, 2.45) is 0 Å². The highest BCUT2D eigenvalue weighted by molar-refractivity contribution is 5.82. The highest BCUT2D eigenvalue weighted by atomic mass is 16.5. The van der Waals surface area contributed by atoms with Crippen LogP contribution in [-0.2, 0) is 0 Å². The lowest BCUT2D eigenvalue weighted by Crippen LogP contribution is -1.91. The number of hydrogen-bond donors (Lipinski definition) is 0. The lowest BCUT2D eigenvalue weighted by atomic mass is 10.0. The smallest absolute Gasteiger partial charge is 0.153 e. The first kappa shape index (κ1) is 11.3. The molecule has 0 aliphatic carbocycles. The highest BCUT2D eigenvalue weighted by Gasteiger charge is 2.05. The van der Waals surface area contributed by atoms with Gasteiger partial charge in [0.1, 0.15) is 5.75 Å². The van der Waals surface area contributed by atoms with Gasteiger partial charge < -0.3 is 4.74 Å². The van der Waals surface area contributed by atoms with E-state index < -0.39 is 0 Å². The number of pyridine rings is 1. The Bertz CT molecular complexity index is 532. The summed E-state index contributed by atoms with van der Waals surface area (Å²) in [6.07, 6.45) is 2.59. The normalized spacial score (nSPS) is 10.0. The van der Waals surface area contributed by atoms with Gasteiger partial charge in [-0.3, -0.25) is 9.78 Å². The Morgan fingerprint density at radius 1 is 1.18 bits per heavy atom. The maximum Gasteiger partial charge on any atom is 0.153 e. The van der Waals surface area contributed by atoms with Crippen LogP contribution in [0.15, 0.2) is 36.5 Å². The van der Waals surface area contributed by atoms with E-state index >= 15 is 0 Å². The predicted molar refractivity (Wildman–Crippen MR) is 66.3 cm³/mol. The molecule has 2 rings (SSSR count). The Morgan fingerprint density at radius 2 is 1.94 bits per heavy atom. The standard InChI is InChI=1S/C14H13NO2/c1-10-3-4-12(8-15-10)11-5-6-14(17-2)13(7-11)9-16/h3-9H,1-2H3. The third-order valence-electron chi connectivity index (χ3n) is 2.60. The van der Waals surface area contributed by atoms with E-state index in [4.69, 9.17) is 4.74 Å². The molecule has 0 aliphatic rings. The van der Waals surface area contributed by atoms with Gasteiger partial charge in [-0.15, -0.1) is 0 Å². The summed E-state index contributed by atoms with van der Waals surface area (Å²) in [5.74, 6) is 0.587. The van der Waals surface area contributed by atoms with Crippen LogP contribution in [0.3, 0.4) is 0 Å². The van der Waals surface area contributed by atoms with Gasteiger partial charge in [0, 0.05) is 17.5 Å². The quantitative estimate of drug-likeness (QED) is 0.757. The molecule has 1 aromatic heterocycles. The molecule has 0 aliphatic heterocycles. The fourth-order valence-electron chi connectivity index (χ4n) is 1.64. The minimum absolute atomic E-state index is 0.547. The van der Waals surface area contributed by atoms with Gasteiger partial charge in [0.05, 0.1) is 12.7 Å². The summed E-state index contributed by atoms with van der Waals surface area (Å²) in [5, 5.41) is 0. The molecule has 0 spiro atoms. The largest absolute Gasteiger partial charge is 0.496 e. The molecule has 1 heterocycles. The van der Waals surface area contributed by atoms with E-state index in [1.54, 1.807) is 25.4 Å². The summed E-state index contributed by atoms with van der Waals surface area (Å²) in [7, 11) is 1.55. The number of aldehydes is 1. The second-order valence-electron chi connectivity index (χ2n) is 3.76. The first-order valence-electron chi connectivity index (χ1n) is 5.31. The Balaban J connectivity index is 2.46. The number of carbonyl (C=O) groups excluding carboxylic acids is 1. The average Bonchev–Trinajstić information content (AvgIpc) is 2.39. The number of ether oxygens (including phenoxy) is 1. The molecule has 3 heteroatoms. The van der Waals surface area contributed by atoms with Crippen molar-refractivity contribution in [3.05, 3.63) is 47.8 Å². The number of aryl methyl sites for hydroxylation is 1. The van der Waals surface area contributed by atoms with E-state index in [0.29, 0.717) is 11.3 Å². The van der Waals surface area contributed by atoms with Crippen molar-refractivity contribution in [1.82, 2.24) is 4.98 Å². The van der Waals surface area contributed by atoms with Gasteiger partial charge in [-0.05, 0) is 30.7 Å². The average molecular weight is 227 g/mol. The van der Waals surface area contributed by atoms with Crippen LogP contribution in [-0.4, -0.2) is 18.4 Å². The topological polar surface area (TPSA) is 39.2 Å². The number of rotatable bonds is 3. The number of hydrogen-bond acceptors (Lipinski definition) is 3. The van der Waals surface area contributed by atoms with Gasteiger partial charge >= 0.3 is 0 Å². The van der Waals surface area contributed by atoms with Crippen LogP contribution >= 0.6 is 0 Å². The van der Waals surface area contributed by atoms with Crippen molar-refractivity contribution in [2.45, 2.75) is 6.92 Å². The SMILES string of the molecule is COc1ccc(-c2ccc(C)nc2)cc1C=O. The van der Waals surface area contributed by atoms with E-state index in [0.717, 1.165) is 23.1 Å². The first-order chi connectivity index (χ1) is 8.24. The number of methoxy groups -OCH3 is 1. The molecular formula is C14H13NO2. The van der Waals surface area contributed by atoms with Crippen molar-refractivity contribution >= 4 is 6.29 Å². The molecule has 0 amide bonds. The second kappa shape index (κ2) is 4.78. The van der Waals surface area contributed by atoms with Gasteiger partial charge in [0.25, 0.3) is 0 Å². The summed E-state index contributed by atoms with van der Waals surface area (Å²) in [4.78, 5) is 15.2. The molecule has 2 aromatic rings. The first-order valence-corrected chi connectivity index (χ1v) is 5.31. The fourth-order valence-corrected chi connectivity index (χ4v) is 1.64. The zero-order valence-corrected chi connectivity index (χ0v) is 9.81. The third-order valence-corrected chi connectivity index (χ3v) is 2.60. The van der Waals surface area contributed by atoms with E-state index in [9.17, 15) is 4.79 Å². The molecule has 0 bridgehead atoms. The van der Waals surface area contributed by atoms with Crippen molar-refractivity contribution in [2.75, 3.05) is 7.11 Å². The molecule has 17 heavy (non-hydrogen) atoms. The molecule has 0 saturated carbocycles. The lowest BCUT2D eigenvalue weighted by molar-refractivity contribution is 0.112. The monoisotopic (exact) mass is 227 g/mol. The second-order valence-corrected chi connectivity index (χ2v) is 3.76. The Hall–Kier alpha value is -2.16. The molecule has 3 nitrogen and oxygen atoms in total. The summed E-state index contributed by atoms with van der Waals surface area (Å²) in [6, 6.07) is 9.44. The number of nitrogens with zero attached hydrogens (tertiary/aromatic N) is 1. The molecule has 0 saturated heterocycles. The number of aromatic nitrogens is 1. The van der Waals surface area contributed by atoms with Gasteiger partial charge in [0.2, 0.25) is 0 Å². The summed E-state index contributed by atoms with van der Waals surface area (Å²) in [6.45, 7) is 1.94. The maximum atomic E-state index is 10.9. The molecule has 1 aromatic carbocycles. The third kappa shape index (κ3) is 2.33. The minimum atomic E-state index is 0.547. The van der Waals surface area contributed by atoms with Crippen molar-refractivity contribution in [3.8, 4) is 16.9 Å². The van der Waals surface area contributed by atoms with Crippen LogP contribution in [0, 0.1) is 6.92 Å². The summed E-state index contributed by atoms with van der Waals surface area (Å²) in [5.41, 5.74) is 3.46. The Labute approximate surface area is 100 Å². The van der Waals surface area contributed by atoms with Crippen LogP contribution in [0.4, 0.5) is 0 Å². The number of benzene rings is 1. The number of carbonyl (C=O) groups is 1. The minimum Gasteiger partial charge on any atom is -0.496 e. The van der Waals surface area contributed by atoms with Crippen LogP contribution in [0.2, 0.25) is 0 Å². The molecule has 0 radical (unpaired) electrons. The van der Waals surface area contributed by atoms with Crippen molar-refractivity contribution in [3.63, 3.8) is 0 Å². The summed E-state index contributed by atoms with van der Waals surface area (Å²) < 4.78 is 5.10. The molecule has 0 unspecified atom stereocenters. The van der Waals surface area contributed by atoms with Gasteiger partial charge in [-0.2, -0.15) is 0 Å². The summed E-state index contributed by atoms with van der Waals surface area (Å²) >= 11 is 0. The van der Waals surface area contributed by atoms with Gasteiger partial charge in [-0.25, -0.2) is 0 Å². The zero-order chi connectivity index (χ0) is 12.3. The van der Waals surface area contributed by atoms with Crippen molar-refractivity contribution in [1.29, 1.82) is 0 Å². The van der Waals surface area contributed by atoms with Gasteiger partial charge in [0.15, 0.2) is 6.29 Å². The van der Waals surface area contributed by atoms with Crippen LogP contribution in [0.25, 0.3) is 11.1 Å². The Kier molecular flexibility index (Phi) is 3.19. The van der Waals surface area contributed by atoms with Crippen LogP contribution < -0.4 is 4.74 Å². The molecule has 0 atom stereocenters. The Morgan fingerprint density at radius 3 is 2.53 bits per heavy atom. The molecule has 0 fully saturated rings. The zero-order valence-electron chi connectivity index (χ0n) is 9.81.